The number of hydrogen-bond acceptors (Lipinski definition) is 3. The minimum atomic E-state index is -0.755. The quantitative estimate of drug-likeness (QED) is 0.865. The highest BCUT2D eigenvalue weighted by Crippen LogP contribution is 2.18. The number of pyridine rings is 1. The fraction of sp³-hybridized carbons (Fsp3) is 0.333. The lowest BCUT2D eigenvalue weighted by Gasteiger charge is -2.20. The van der Waals surface area contributed by atoms with Crippen molar-refractivity contribution in [1.29, 1.82) is 0 Å². The lowest BCUT2D eigenvalue weighted by molar-refractivity contribution is -0.137. The third-order valence-electron chi connectivity index (χ3n) is 3.23. The molecule has 0 fully saturated rings. The first-order valence-corrected chi connectivity index (χ1v) is 6.46. The van der Waals surface area contributed by atoms with Crippen molar-refractivity contribution in [2.75, 3.05) is 13.1 Å². The standard InChI is InChI=1S/C15H18N2O2/c1-2-17(8-7-15(18)19)11-13-10-16-9-12-5-3-4-6-14(12)13/h3-6,9-10H,2,7-8,11H2,1H3,(H,18,19). The highest BCUT2D eigenvalue weighted by atomic mass is 16.4. The SMILES string of the molecule is CCN(CCC(=O)O)Cc1cncc2ccccc12. The van der Waals surface area contributed by atoms with Crippen LogP contribution in [0.15, 0.2) is 36.7 Å². The number of benzene rings is 1. The van der Waals surface area contributed by atoms with Crippen LogP contribution in [0.3, 0.4) is 0 Å². The Morgan fingerprint density at radius 3 is 2.84 bits per heavy atom. The van der Waals surface area contributed by atoms with Crippen LogP contribution < -0.4 is 0 Å². The summed E-state index contributed by atoms with van der Waals surface area (Å²) in [6.45, 7) is 4.17. The molecule has 0 aliphatic rings. The molecule has 0 bridgehead atoms. The van der Waals surface area contributed by atoms with Gasteiger partial charge in [-0.3, -0.25) is 14.7 Å². The van der Waals surface area contributed by atoms with Gasteiger partial charge >= 0.3 is 5.97 Å². The van der Waals surface area contributed by atoms with E-state index >= 15 is 0 Å². The van der Waals surface area contributed by atoms with E-state index < -0.39 is 5.97 Å². The van der Waals surface area contributed by atoms with Crippen molar-refractivity contribution in [2.45, 2.75) is 19.9 Å². The van der Waals surface area contributed by atoms with E-state index in [0.29, 0.717) is 6.54 Å². The molecule has 0 saturated carbocycles. The van der Waals surface area contributed by atoms with Crippen LogP contribution in [0.5, 0.6) is 0 Å². The lowest BCUT2D eigenvalue weighted by atomic mass is 10.1. The fourth-order valence-corrected chi connectivity index (χ4v) is 2.15. The topological polar surface area (TPSA) is 53.4 Å². The second kappa shape index (κ2) is 6.29. The van der Waals surface area contributed by atoms with Gasteiger partial charge in [-0.05, 0) is 17.5 Å². The summed E-state index contributed by atoms with van der Waals surface area (Å²) in [6.07, 6.45) is 3.89. The van der Waals surface area contributed by atoms with E-state index in [1.54, 1.807) is 0 Å². The Balaban J connectivity index is 2.17. The van der Waals surface area contributed by atoms with Crippen molar-refractivity contribution in [2.24, 2.45) is 0 Å². The van der Waals surface area contributed by atoms with Gasteiger partial charge in [0.1, 0.15) is 0 Å². The molecule has 0 radical (unpaired) electrons. The van der Waals surface area contributed by atoms with Crippen LogP contribution >= 0.6 is 0 Å². The fourth-order valence-electron chi connectivity index (χ4n) is 2.15. The van der Waals surface area contributed by atoms with Crippen LogP contribution in [0.1, 0.15) is 18.9 Å². The summed E-state index contributed by atoms with van der Waals surface area (Å²) in [6, 6.07) is 8.13. The van der Waals surface area contributed by atoms with Crippen molar-refractivity contribution in [3.8, 4) is 0 Å². The number of carboxylic acid groups (broad SMARTS) is 1. The molecule has 0 spiro atoms. The van der Waals surface area contributed by atoms with Gasteiger partial charge in [0.05, 0.1) is 6.42 Å². The summed E-state index contributed by atoms with van der Waals surface area (Å²) in [5.41, 5.74) is 1.14. The van der Waals surface area contributed by atoms with E-state index in [4.69, 9.17) is 5.11 Å². The smallest absolute Gasteiger partial charge is 0.304 e. The molecule has 1 N–H and O–H groups in total. The van der Waals surface area contributed by atoms with Crippen LogP contribution in [0, 0.1) is 0 Å². The first-order chi connectivity index (χ1) is 9.20. The molecule has 1 heterocycles. The van der Waals surface area contributed by atoms with Crippen LogP contribution in [0.25, 0.3) is 10.8 Å². The Labute approximate surface area is 112 Å². The Kier molecular flexibility index (Phi) is 4.47. The third-order valence-corrected chi connectivity index (χ3v) is 3.23. The molecule has 19 heavy (non-hydrogen) atoms. The number of carboxylic acids is 1. The molecule has 4 heteroatoms. The first-order valence-electron chi connectivity index (χ1n) is 6.46. The highest BCUT2D eigenvalue weighted by molar-refractivity contribution is 5.84. The maximum Gasteiger partial charge on any atom is 0.304 e. The molecule has 0 atom stereocenters. The lowest BCUT2D eigenvalue weighted by Crippen LogP contribution is -2.25. The van der Waals surface area contributed by atoms with Gasteiger partial charge in [-0.25, -0.2) is 0 Å². The molecule has 2 rings (SSSR count). The Morgan fingerprint density at radius 2 is 2.11 bits per heavy atom. The molecule has 100 valence electrons. The van der Waals surface area contributed by atoms with E-state index in [0.717, 1.165) is 24.0 Å². The highest BCUT2D eigenvalue weighted by Gasteiger charge is 2.08. The number of fused-ring (bicyclic) bond motifs is 1. The molecule has 1 aromatic heterocycles. The van der Waals surface area contributed by atoms with Gasteiger partial charge in [-0.1, -0.05) is 31.2 Å². The zero-order valence-electron chi connectivity index (χ0n) is 11.0. The van der Waals surface area contributed by atoms with Crippen molar-refractivity contribution < 1.29 is 9.90 Å². The Hall–Kier alpha value is -1.94. The second-order valence-corrected chi connectivity index (χ2v) is 4.53. The van der Waals surface area contributed by atoms with Crippen LogP contribution in [-0.2, 0) is 11.3 Å². The van der Waals surface area contributed by atoms with Gasteiger partial charge in [0, 0.05) is 30.9 Å². The zero-order chi connectivity index (χ0) is 13.7. The second-order valence-electron chi connectivity index (χ2n) is 4.53. The van der Waals surface area contributed by atoms with Gasteiger partial charge in [0.2, 0.25) is 0 Å². The summed E-state index contributed by atoms with van der Waals surface area (Å²) in [4.78, 5) is 17.0. The molecular formula is C15H18N2O2. The molecule has 1 aromatic carbocycles. The van der Waals surface area contributed by atoms with E-state index in [9.17, 15) is 4.79 Å². The van der Waals surface area contributed by atoms with Gasteiger partial charge in [0.15, 0.2) is 0 Å². The number of aliphatic carboxylic acids is 1. The summed E-state index contributed by atoms with van der Waals surface area (Å²) < 4.78 is 0. The summed E-state index contributed by atoms with van der Waals surface area (Å²) in [5, 5.41) is 11.1. The van der Waals surface area contributed by atoms with Gasteiger partial charge < -0.3 is 5.11 Å². The molecule has 2 aromatic rings. The summed E-state index contributed by atoms with van der Waals surface area (Å²) in [5.74, 6) is -0.755. The predicted molar refractivity (Wildman–Crippen MR) is 74.9 cm³/mol. The number of hydrogen-bond donors (Lipinski definition) is 1. The number of rotatable bonds is 6. The average Bonchev–Trinajstić information content (AvgIpc) is 2.43. The van der Waals surface area contributed by atoms with Crippen molar-refractivity contribution in [1.82, 2.24) is 9.88 Å². The van der Waals surface area contributed by atoms with Crippen molar-refractivity contribution in [3.63, 3.8) is 0 Å². The van der Waals surface area contributed by atoms with Crippen LogP contribution in [-0.4, -0.2) is 34.0 Å². The maximum atomic E-state index is 10.6. The third kappa shape index (κ3) is 3.51. The predicted octanol–water partition coefficient (Wildman–Crippen LogP) is 2.53. The van der Waals surface area contributed by atoms with Crippen LogP contribution in [0.4, 0.5) is 0 Å². The van der Waals surface area contributed by atoms with E-state index in [-0.39, 0.29) is 6.42 Å². The van der Waals surface area contributed by atoms with Crippen molar-refractivity contribution >= 4 is 16.7 Å². The normalized spacial score (nSPS) is 11.1. The molecule has 0 unspecified atom stereocenters. The number of nitrogens with zero attached hydrogens (tertiary/aromatic N) is 2. The van der Waals surface area contributed by atoms with E-state index in [1.165, 1.54) is 5.39 Å². The molecule has 0 aliphatic carbocycles. The molecule has 0 amide bonds. The Bertz CT molecular complexity index is 564. The average molecular weight is 258 g/mol. The van der Waals surface area contributed by atoms with E-state index in [2.05, 4.69) is 16.0 Å². The van der Waals surface area contributed by atoms with Crippen molar-refractivity contribution in [3.05, 3.63) is 42.2 Å². The summed E-state index contributed by atoms with van der Waals surface area (Å²) >= 11 is 0. The van der Waals surface area contributed by atoms with Gasteiger partial charge in [-0.15, -0.1) is 0 Å². The minimum absolute atomic E-state index is 0.173. The number of aromatic nitrogens is 1. The van der Waals surface area contributed by atoms with Gasteiger partial charge in [-0.2, -0.15) is 0 Å². The molecule has 0 saturated heterocycles. The van der Waals surface area contributed by atoms with Crippen LogP contribution in [0.2, 0.25) is 0 Å². The Morgan fingerprint density at radius 1 is 1.32 bits per heavy atom. The zero-order valence-corrected chi connectivity index (χ0v) is 11.0. The maximum absolute atomic E-state index is 10.6. The molecule has 4 nitrogen and oxygen atoms in total. The van der Waals surface area contributed by atoms with Gasteiger partial charge in [0.25, 0.3) is 0 Å². The summed E-state index contributed by atoms with van der Waals surface area (Å²) in [7, 11) is 0. The molecular weight excluding hydrogens is 240 g/mol. The van der Waals surface area contributed by atoms with E-state index in [1.807, 2.05) is 37.5 Å². The first kappa shape index (κ1) is 13.5. The molecule has 0 aliphatic heterocycles. The monoisotopic (exact) mass is 258 g/mol. The minimum Gasteiger partial charge on any atom is -0.481 e. The number of carbonyl (C=O) groups is 1. The largest absolute Gasteiger partial charge is 0.481 e.